The Kier molecular flexibility index (Phi) is 3.67. The highest BCUT2D eigenvalue weighted by molar-refractivity contribution is 6.20. The fraction of sp³-hybridized carbons (Fsp3) is 0.200. The Bertz CT molecular complexity index is 330. The molecule has 0 aliphatic heterocycles. The molecule has 1 aromatic rings. The molecule has 0 unspecified atom stereocenters. The number of hydrogen-bond acceptors (Lipinski definition) is 3. The van der Waals surface area contributed by atoms with Crippen molar-refractivity contribution in [2.24, 2.45) is 0 Å². The summed E-state index contributed by atoms with van der Waals surface area (Å²) in [4.78, 5) is 13.5. The second-order valence-corrected chi connectivity index (χ2v) is 2.54. The van der Waals surface area contributed by atoms with Gasteiger partial charge in [0.2, 0.25) is 5.69 Å². The van der Waals surface area contributed by atoms with E-state index < -0.39 is 5.97 Å². The molecule has 1 rings (SSSR count). The van der Waals surface area contributed by atoms with Crippen LogP contribution in [0, 0.1) is 0 Å². The van der Waals surface area contributed by atoms with Gasteiger partial charge in [-0.3, -0.25) is 0 Å². The fourth-order valence-electron chi connectivity index (χ4n) is 0.888. The summed E-state index contributed by atoms with van der Waals surface area (Å²) in [5, 5.41) is 0. The average molecular weight is 194 g/mol. The van der Waals surface area contributed by atoms with Gasteiger partial charge in [-0.25, -0.2) is 9.79 Å². The summed E-state index contributed by atoms with van der Waals surface area (Å²) in [5.41, 5.74) is 0.802. The van der Waals surface area contributed by atoms with Crippen molar-refractivity contribution >= 4 is 17.9 Å². The minimum Gasteiger partial charge on any atom is -0.497 e. The largest absolute Gasteiger partial charge is 0.497 e. The zero-order chi connectivity index (χ0) is 10.4. The Morgan fingerprint density at radius 2 is 1.93 bits per heavy atom. The zero-order valence-electron chi connectivity index (χ0n) is 8.11. The van der Waals surface area contributed by atoms with E-state index in [-0.39, 0.29) is 0 Å². The summed E-state index contributed by atoms with van der Waals surface area (Å²) in [5.74, 6) is 0.356. The predicted octanol–water partition coefficient (Wildman–Crippen LogP) is -0.349. The molecule has 0 aliphatic carbocycles. The van der Waals surface area contributed by atoms with Crippen molar-refractivity contribution in [1.82, 2.24) is 0 Å². The van der Waals surface area contributed by atoms with Crippen LogP contribution < -0.4 is 9.73 Å². The van der Waals surface area contributed by atoms with Crippen molar-refractivity contribution in [1.29, 1.82) is 0 Å². The molecular formula is C10H12NO3+. The first-order valence-corrected chi connectivity index (χ1v) is 4.08. The van der Waals surface area contributed by atoms with Crippen LogP contribution in [-0.4, -0.2) is 26.4 Å². The summed E-state index contributed by atoms with van der Waals surface area (Å²) in [6.07, 6.45) is 1.25. The SMILES string of the molecule is COC(=O)C=[NH+]c1ccc(OC)cc1. The smallest absolute Gasteiger partial charge is 0.395 e. The van der Waals surface area contributed by atoms with Crippen molar-refractivity contribution in [3.05, 3.63) is 24.3 Å². The molecule has 14 heavy (non-hydrogen) atoms. The van der Waals surface area contributed by atoms with Gasteiger partial charge in [0.05, 0.1) is 14.2 Å². The Labute approximate surface area is 82.2 Å². The van der Waals surface area contributed by atoms with Crippen LogP contribution >= 0.6 is 0 Å². The summed E-state index contributed by atoms with van der Waals surface area (Å²) >= 11 is 0. The van der Waals surface area contributed by atoms with Gasteiger partial charge in [-0.05, 0) is 12.1 Å². The normalized spacial score (nSPS) is 10.1. The summed E-state index contributed by atoms with van der Waals surface area (Å²) in [6, 6.07) is 7.21. The maximum Gasteiger partial charge on any atom is 0.395 e. The molecule has 0 spiro atoms. The Balaban J connectivity index is 2.68. The van der Waals surface area contributed by atoms with E-state index >= 15 is 0 Å². The molecule has 0 aliphatic rings. The van der Waals surface area contributed by atoms with Crippen LogP contribution in [0.4, 0.5) is 5.69 Å². The van der Waals surface area contributed by atoms with Gasteiger partial charge in [0.25, 0.3) is 6.21 Å². The molecule has 0 saturated carbocycles. The van der Waals surface area contributed by atoms with E-state index in [9.17, 15) is 4.79 Å². The zero-order valence-corrected chi connectivity index (χ0v) is 8.11. The Morgan fingerprint density at radius 1 is 1.29 bits per heavy atom. The lowest BCUT2D eigenvalue weighted by Crippen LogP contribution is -2.63. The van der Waals surface area contributed by atoms with Gasteiger partial charge in [0.1, 0.15) is 5.75 Å². The second kappa shape index (κ2) is 5.01. The van der Waals surface area contributed by atoms with E-state index in [0.29, 0.717) is 0 Å². The first kappa shape index (κ1) is 10.2. The summed E-state index contributed by atoms with van der Waals surface area (Å²) in [7, 11) is 2.93. The molecule has 1 N–H and O–H groups in total. The van der Waals surface area contributed by atoms with Crippen LogP contribution in [0.3, 0.4) is 0 Å². The summed E-state index contributed by atoms with van der Waals surface area (Å²) in [6.45, 7) is 0. The van der Waals surface area contributed by atoms with Gasteiger partial charge in [-0.1, -0.05) is 0 Å². The van der Waals surface area contributed by atoms with Gasteiger partial charge < -0.3 is 9.47 Å². The first-order valence-electron chi connectivity index (χ1n) is 4.08. The van der Waals surface area contributed by atoms with Crippen molar-refractivity contribution < 1.29 is 19.3 Å². The molecule has 0 radical (unpaired) electrons. The van der Waals surface area contributed by atoms with Crippen LogP contribution in [-0.2, 0) is 9.53 Å². The van der Waals surface area contributed by atoms with Crippen molar-refractivity contribution in [3.63, 3.8) is 0 Å². The highest BCUT2D eigenvalue weighted by Crippen LogP contribution is 2.10. The molecule has 0 saturated heterocycles. The molecule has 4 nitrogen and oxygen atoms in total. The maximum absolute atomic E-state index is 10.7. The van der Waals surface area contributed by atoms with Crippen molar-refractivity contribution in [3.8, 4) is 5.75 Å². The molecule has 0 fully saturated rings. The molecule has 0 heterocycles. The minimum absolute atomic E-state index is 0.416. The third-order valence-corrected chi connectivity index (χ3v) is 1.65. The summed E-state index contributed by atoms with van der Waals surface area (Å²) < 4.78 is 9.42. The van der Waals surface area contributed by atoms with E-state index in [1.807, 2.05) is 0 Å². The Morgan fingerprint density at radius 3 is 2.43 bits per heavy atom. The number of benzene rings is 1. The number of methoxy groups -OCH3 is 2. The third-order valence-electron chi connectivity index (χ3n) is 1.65. The minimum atomic E-state index is -0.416. The topological polar surface area (TPSA) is 49.5 Å². The molecular weight excluding hydrogens is 182 g/mol. The van der Waals surface area contributed by atoms with E-state index in [1.165, 1.54) is 13.3 Å². The van der Waals surface area contributed by atoms with Crippen molar-refractivity contribution in [2.45, 2.75) is 0 Å². The van der Waals surface area contributed by atoms with Gasteiger partial charge >= 0.3 is 5.97 Å². The number of esters is 1. The number of nitrogens with one attached hydrogen (secondary N) is 1. The van der Waals surface area contributed by atoms with Gasteiger partial charge in [-0.2, -0.15) is 0 Å². The first-order chi connectivity index (χ1) is 6.76. The van der Waals surface area contributed by atoms with Crippen LogP contribution in [0.15, 0.2) is 24.3 Å². The monoisotopic (exact) mass is 194 g/mol. The molecule has 0 aromatic heterocycles. The fourth-order valence-corrected chi connectivity index (χ4v) is 0.888. The number of hydrogen-bond donors (Lipinski definition) is 1. The van der Waals surface area contributed by atoms with Crippen LogP contribution in [0.5, 0.6) is 5.75 Å². The highest BCUT2D eigenvalue weighted by atomic mass is 16.5. The van der Waals surface area contributed by atoms with Crippen LogP contribution in [0.25, 0.3) is 0 Å². The number of carbonyl (C=O) groups is 1. The number of ether oxygens (including phenoxy) is 2. The van der Waals surface area contributed by atoms with Crippen molar-refractivity contribution in [2.75, 3.05) is 14.2 Å². The highest BCUT2D eigenvalue weighted by Gasteiger charge is 2.00. The quantitative estimate of drug-likeness (QED) is 0.528. The average Bonchev–Trinajstić information content (AvgIpc) is 2.26. The van der Waals surface area contributed by atoms with Gasteiger partial charge in [0.15, 0.2) is 0 Å². The Hall–Kier alpha value is -1.84. The lowest BCUT2D eigenvalue weighted by Gasteiger charge is -1.95. The maximum atomic E-state index is 10.7. The lowest BCUT2D eigenvalue weighted by molar-refractivity contribution is -0.347. The third kappa shape index (κ3) is 2.90. The van der Waals surface area contributed by atoms with E-state index in [2.05, 4.69) is 9.73 Å². The molecule has 0 atom stereocenters. The molecule has 0 amide bonds. The lowest BCUT2D eigenvalue weighted by atomic mass is 10.3. The number of carbonyl (C=O) groups excluding carboxylic acids is 1. The number of rotatable bonds is 3. The van der Waals surface area contributed by atoms with Crippen LogP contribution in [0.1, 0.15) is 0 Å². The van der Waals surface area contributed by atoms with E-state index in [1.54, 1.807) is 31.4 Å². The molecule has 74 valence electrons. The van der Waals surface area contributed by atoms with Gasteiger partial charge in [0, 0.05) is 12.1 Å². The van der Waals surface area contributed by atoms with E-state index in [4.69, 9.17) is 4.74 Å². The second-order valence-electron chi connectivity index (χ2n) is 2.54. The molecule has 1 aromatic carbocycles. The van der Waals surface area contributed by atoms with E-state index in [0.717, 1.165) is 11.4 Å². The van der Waals surface area contributed by atoms with Crippen LogP contribution in [0.2, 0.25) is 0 Å². The molecule has 4 heteroatoms. The standard InChI is InChI=1S/C10H11NO3/c1-13-9-5-3-8(4-6-9)11-7-10(12)14-2/h3-7H,1-2H3/p+1. The van der Waals surface area contributed by atoms with Gasteiger partial charge in [-0.15, -0.1) is 0 Å². The molecule has 0 bridgehead atoms. The predicted molar refractivity (Wildman–Crippen MR) is 51.7 cm³/mol.